The minimum Gasteiger partial charge on any atom is -0.325 e. The van der Waals surface area contributed by atoms with Gasteiger partial charge in [0.1, 0.15) is 6.67 Å². The molecule has 1 rings (SSSR count). The van der Waals surface area contributed by atoms with Gasteiger partial charge in [0, 0.05) is 6.04 Å². The van der Waals surface area contributed by atoms with Crippen molar-refractivity contribution < 1.29 is 4.39 Å². The number of hydrogen-bond acceptors (Lipinski definition) is 1. The molecule has 0 aromatic rings. The van der Waals surface area contributed by atoms with Crippen LogP contribution in [-0.4, -0.2) is 12.7 Å². The Labute approximate surface area is 79.5 Å². The smallest absolute Gasteiger partial charge is 0.105 e. The second-order valence-electron chi connectivity index (χ2n) is 3.88. The first-order chi connectivity index (χ1) is 6.15. The topological polar surface area (TPSA) is 26.0 Å². The summed E-state index contributed by atoms with van der Waals surface area (Å²) in [4.78, 5) is 0. The first kappa shape index (κ1) is 10.5. The first-order valence-corrected chi connectivity index (χ1v) is 4.85. The number of nitrogens with two attached hydrogens (primary N) is 1. The molecule has 0 aliphatic heterocycles. The highest BCUT2D eigenvalue weighted by Crippen LogP contribution is 2.23. The molecule has 1 aliphatic carbocycles. The molecule has 74 valence electrons. The number of alkyl halides is 1. The lowest BCUT2D eigenvalue weighted by Gasteiger charge is -2.21. The van der Waals surface area contributed by atoms with E-state index < -0.39 is 6.67 Å². The molecule has 0 heterocycles. The second kappa shape index (κ2) is 4.56. The van der Waals surface area contributed by atoms with Gasteiger partial charge >= 0.3 is 0 Å². The zero-order valence-corrected chi connectivity index (χ0v) is 8.33. The highest BCUT2D eigenvalue weighted by molar-refractivity contribution is 5.26. The minimum atomic E-state index is -0.443. The normalized spacial score (nSPS) is 26.8. The molecule has 0 saturated carbocycles. The molecule has 13 heavy (non-hydrogen) atoms. The Morgan fingerprint density at radius 3 is 2.85 bits per heavy atom. The van der Waals surface area contributed by atoms with Gasteiger partial charge in [-0.25, -0.2) is 4.39 Å². The van der Waals surface area contributed by atoms with Crippen LogP contribution in [0, 0.1) is 11.8 Å². The molecule has 2 heteroatoms. The molecule has 0 amide bonds. The van der Waals surface area contributed by atoms with Crippen LogP contribution in [0.4, 0.5) is 4.39 Å². The minimum absolute atomic E-state index is 0.133. The van der Waals surface area contributed by atoms with E-state index in [1.165, 1.54) is 5.57 Å². The molecule has 1 nitrogen and oxygen atoms in total. The van der Waals surface area contributed by atoms with Gasteiger partial charge in [-0.05, 0) is 23.8 Å². The molecule has 0 aromatic carbocycles. The third kappa shape index (κ3) is 2.66. The van der Waals surface area contributed by atoms with Crippen LogP contribution < -0.4 is 5.73 Å². The van der Waals surface area contributed by atoms with E-state index in [-0.39, 0.29) is 12.0 Å². The maximum Gasteiger partial charge on any atom is 0.105 e. The molecule has 0 spiro atoms. The third-order valence-corrected chi connectivity index (χ3v) is 2.69. The molecule has 3 atom stereocenters. The lowest BCUT2D eigenvalue weighted by Crippen LogP contribution is -2.31. The monoisotopic (exact) mass is 183 g/mol. The average Bonchev–Trinajstić information content (AvgIpc) is 2.17. The van der Waals surface area contributed by atoms with Gasteiger partial charge in [0.2, 0.25) is 0 Å². The zero-order valence-electron chi connectivity index (χ0n) is 8.33. The van der Waals surface area contributed by atoms with E-state index >= 15 is 0 Å². The Balaban J connectivity index is 2.58. The molecule has 0 radical (unpaired) electrons. The summed E-state index contributed by atoms with van der Waals surface area (Å²) >= 11 is 0. The number of allylic oxidation sites excluding steroid dienone is 3. The fourth-order valence-electron chi connectivity index (χ4n) is 1.46. The van der Waals surface area contributed by atoms with Crippen molar-refractivity contribution in [1.82, 2.24) is 0 Å². The highest BCUT2D eigenvalue weighted by atomic mass is 19.1. The summed E-state index contributed by atoms with van der Waals surface area (Å²) in [6.45, 7) is 3.71. The van der Waals surface area contributed by atoms with Gasteiger partial charge in [-0.2, -0.15) is 0 Å². The summed E-state index contributed by atoms with van der Waals surface area (Å²) in [5, 5.41) is 0. The van der Waals surface area contributed by atoms with Crippen molar-refractivity contribution in [2.24, 2.45) is 17.6 Å². The van der Waals surface area contributed by atoms with Gasteiger partial charge < -0.3 is 5.73 Å². The average molecular weight is 183 g/mol. The van der Waals surface area contributed by atoms with Crippen LogP contribution in [0.25, 0.3) is 0 Å². The van der Waals surface area contributed by atoms with Crippen LogP contribution in [0.2, 0.25) is 0 Å². The van der Waals surface area contributed by atoms with Gasteiger partial charge in [0.25, 0.3) is 0 Å². The van der Waals surface area contributed by atoms with Crippen LogP contribution in [0.1, 0.15) is 20.3 Å². The van der Waals surface area contributed by atoms with Crippen molar-refractivity contribution in [3.05, 3.63) is 23.8 Å². The van der Waals surface area contributed by atoms with Crippen molar-refractivity contribution in [2.45, 2.75) is 26.3 Å². The first-order valence-electron chi connectivity index (χ1n) is 4.85. The van der Waals surface area contributed by atoms with E-state index in [0.717, 1.165) is 6.42 Å². The fraction of sp³-hybridized carbons (Fsp3) is 0.636. The SMILES string of the molecule is CC1C=CC(C(C)C(N)CF)=CC1. The van der Waals surface area contributed by atoms with Crippen molar-refractivity contribution >= 4 is 0 Å². The van der Waals surface area contributed by atoms with Gasteiger partial charge in [0.15, 0.2) is 0 Å². The van der Waals surface area contributed by atoms with E-state index in [1.807, 2.05) is 6.92 Å². The van der Waals surface area contributed by atoms with Crippen molar-refractivity contribution in [3.8, 4) is 0 Å². The maximum absolute atomic E-state index is 12.3. The largest absolute Gasteiger partial charge is 0.325 e. The van der Waals surface area contributed by atoms with E-state index in [1.54, 1.807) is 0 Å². The van der Waals surface area contributed by atoms with Crippen LogP contribution in [0.15, 0.2) is 23.8 Å². The Kier molecular flexibility index (Phi) is 3.67. The van der Waals surface area contributed by atoms with Crippen molar-refractivity contribution in [3.63, 3.8) is 0 Å². The molecule has 0 fully saturated rings. The highest BCUT2D eigenvalue weighted by Gasteiger charge is 2.16. The van der Waals surface area contributed by atoms with Crippen LogP contribution in [0.5, 0.6) is 0 Å². The van der Waals surface area contributed by atoms with E-state index in [9.17, 15) is 4.39 Å². The standard InChI is InChI=1S/C11H18FN/c1-8-3-5-10(6-4-8)9(2)11(13)7-12/h3,5-6,8-9,11H,4,7,13H2,1-2H3. The van der Waals surface area contributed by atoms with Crippen LogP contribution in [-0.2, 0) is 0 Å². The van der Waals surface area contributed by atoms with E-state index in [2.05, 4.69) is 25.2 Å². The fourth-order valence-corrected chi connectivity index (χ4v) is 1.46. The Morgan fingerprint density at radius 2 is 2.38 bits per heavy atom. The lowest BCUT2D eigenvalue weighted by molar-refractivity contribution is 0.377. The summed E-state index contributed by atoms with van der Waals surface area (Å²) in [5.41, 5.74) is 6.82. The molecule has 0 bridgehead atoms. The summed E-state index contributed by atoms with van der Waals surface area (Å²) in [5.74, 6) is 0.742. The summed E-state index contributed by atoms with van der Waals surface area (Å²) in [7, 11) is 0. The summed E-state index contributed by atoms with van der Waals surface area (Å²) in [6.07, 6.45) is 7.46. The van der Waals surface area contributed by atoms with Crippen LogP contribution in [0.3, 0.4) is 0 Å². The third-order valence-electron chi connectivity index (χ3n) is 2.69. The molecule has 2 N–H and O–H groups in total. The molecule has 0 aromatic heterocycles. The van der Waals surface area contributed by atoms with Crippen molar-refractivity contribution in [2.75, 3.05) is 6.67 Å². The van der Waals surface area contributed by atoms with Crippen LogP contribution >= 0.6 is 0 Å². The number of rotatable bonds is 3. The Hall–Kier alpha value is -0.630. The number of halogens is 1. The molecular weight excluding hydrogens is 165 g/mol. The maximum atomic E-state index is 12.3. The predicted octanol–water partition coefficient (Wildman–Crippen LogP) is 2.44. The quantitative estimate of drug-likeness (QED) is 0.714. The van der Waals surface area contributed by atoms with Gasteiger partial charge in [-0.1, -0.05) is 32.1 Å². The molecule has 1 aliphatic rings. The zero-order chi connectivity index (χ0) is 9.84. The van der Waals surface area contributed by atoms with Gasteiger partial charge in [-0.3, -0.25) is 0 Å². The van der Waals surface area contributed by atoms with E-state index in [4.69, 9.17) is 5.73 Å². The lowest BCUT2D eigenvalue weighted by atomic mass is 9.88. The van der Waals surface area contributed by atoms with Gasteiger partial charge in [-0.15, -0.1) is 0 Å². The molecule has 0 saturated heterocycles. The van der Waals surface area contributed by atoms with Crippen molar-refractivity contribution in [1.29, 1.82) is 0 Å². The molecular formula is C11H18FN. The Morgan fingerprint density at radius 1 is 1.69 bits per heavy atom. The summed E-state index contributed by atoms with van der Waals surface area (Å²) < 4.78 is 12.3. The van der Waals surface area contributed by atoms with E-state index in [0.29, 0.717) is 5.92 Å². The Bertz CT molecular complexity index is 220. The molecule has 3 unspecified atom stereocenters. The number of hydrogen-bond donors (Lipinski definition) is 1. The van der Waals surface area contributed by atoms with Gasteiger partial charge in [0.05, 0.1) is 0 Å². The summed E-state index contributed by atoms with van der Waals surface area (Å²) in [6, 6.07) is -0.357. The second-order valence-corrected chi connectivity index (χ2v) is 3.88. The predicted molar refractivity (Wildman–Crippen MR) is 54.1 cm³/mol.